The van der Waals surface area contributed by atoms with E-state index < -0.39 is 30.3 Å². The zero-order chi connectivity index (χ0) is 65.2. The molecule has 2 aliphatic rings. The van der Waals surface area contributed by atoms with Gasteiger partial charge in [-0.05, 0) is 141 Å². The molecule has 0 saturated carbocycles. The molecule has 0 radical (unpaired) electrons. The maximum atomic E-state index is 13.4. The Balaban J connectivity index is 0.705. The first kappa shape index (κ1) is 71.0. The van der Waals surface area contributed by atoms with Crippen LogP contribution in [0.1, 0.15) is 131 Å². The number of aliphatic hydroxyl groups is 1. The van der Waals surface area contributed by atoms with Crippen molar-refractivity contribution in [2.45, 2.75) is 95.1 Å². The van der Waals surface area contributed by atoms with Gasteiger partial charge >= 0.3 is 12.8 Å². The number of carbonyl (C=O) groups is 7. The molecule has 7 rings (SSSR count). The number of rotatable bonds is 39. The third-order valence-corrected chi connectivity index (χ3v) is 20.2. The van der Waals surface area contributed by atoms with Gasteiger partial charge in [-0.1, -0.05) is 46.9 Å². The van der Waals surface area contributed by atoms with E-state index in [0.717, 1.165) is 36.3 Å². The van der Waals surface area contributed by atoms with E-state index in [1.165, 1.54) is 51.9 Å². The van der Waals surface area contributed by atoms with Gasteiger partial charge in [0.25, 0.3) is 11.8 Å². The Morgan fingerprint density at radius 2 is 1.15 bits per heavy atom. The average molecular weight is 1330 g/mol. The van der Waals surface area contributed by atoms with Crippen LogP contribution < -0.4 is 46.9 Å². The third-order valence-electron chi connectivity index (χ3n) is 14.7. The Morgan fingerprint density at radius 3 is 1.85 bits per heavy atom. The van der Waals surface area contributed by atoms with Crippen molar-refractivity contribution in [3.63, 3.8) is 0 Å². The molecule has 2 unspecified atom stereocenters. The van der Waals surface area contributed by atoms with E-state index in [1.54, 1.807) is 36.4 Å². The summed E-state index contributed by atoms with van der Waals surface area (Å²) in [4.78, 5) is 103. The number of hydrogen-bond donors (Lipinski definition) is 11. The van der Waals surface area contributed by atoms with Crippen molar-refractivity contribution in [1.29, 1.82) is 0 Å². The quantitative estimate of drug-likeness (QED) is 0.00757. The Kier molecular flexibility index (Phi) is 28.1. The lowest BCUT2D eigenvalue weighted by molar-refractivity contribution is -0.129. The topological polar surface area (TPSA) is 333 Å². The lowest BCUT2D eigenvalue weighted by Crippen LogP contribution is -2.47. The number of aromatic hydroxyl groups is 2. The van der Waals surface area contributed by atoms with E-state index in [0.29, 0.717) is 110 Å². The number of anilines is 3. The highest BCUT2D eigenvalue weighted by Gasteiger charge is 2.54. The van der Waals surface area contributed by atoms with E-state index in [-0.39, 0.29) is 115 Å². The molecule has 27 heteroatoms. The summed E-state index contributed by atoms with van der Waals surface area (Å²) in [6.07, 6.45) is 6.45. The molecule has 11 N–H and O–H groups in total. The summed E-state index contributed by atoms with van der Waals surface area (Å²) >= 11 is 0.604. The summed E-state index contributed by atoms with van der Waals surface area (Å²) in [6, 6.07) is 28.1. The van der Waals surface area contributed by atoms with E-state index in [1.807, 2.05) is 55.4 Å². The first-order chi connectivity index (χ1) is 43.8. The van der Waals surface area contributed by atoms with Gasteiger partial charge < -0.3 is 71.8 Å². The van der Waals surface area contributed by atoms with Gasteiger partial charge in [0.05, 0.1) is 12.2 Å². The van der Waals surface area contributed by atoms with E-state index in [9.17, 15) is 53.2 Å². The van der Waals surface area contributed by atoms with Crippen LogP contribution in [0.3, 0.4) is 0 Å². The molecule has 23 nitrogen and oxygen atoms in total. The van der Waals surface area contributed by atoms with Crippen molar-refractivity contribution in [3.05, 3.63) is 137 Å². The predicted molar refractivity (Wildman–Crippen MR) is 354 cm³/mol. The van der Waals surface area contributed by atoms with Crippen molar-refractivity contribution in [1.82, 2.24) is 31.9 Å². The number of phenolic OH excluding ortho intramolecular Hbond substituents is 2. The first-order valence-electron chi connectivity index (χ1n) is 30.4. The second-order valence-electron chi connectivity index (χ2n) is 21.8. The van der Waals surface area contributed by atoms with Crippen LogP contribution in [0.15, 0.2) is 103 Å². The molecule has 0 fully saturated rings. The number of aliphatic hydroxyl groups excluding tert-OH is 1. The molecule has 2 atom stereocenters. The highest BCUT2D eigenvalue weighted by atomic mass is 33.1. The number of fused-ring (bicyclic) bond motifs is 6. The molecule has 91 heavy (non-hydrogen) atoms. The van der Waals surface area contributed by atoms with Crippen LogP contribution in [0.2, 0.25) is 0 Å². The van der Waals surface area contributed by atoms with Crippen molar-refractivity contribution in [3.8, 4) is 23.0 Å². The van der Waals surface area contributed by atoms with Crippen LogP contribution in [0.25, 0.3) is 0 Å². The second kappa shape index (κ2) is 36.0. The number of benzene rings is 5. The second-order valence-corrected chi connectivity index (χ2v) is 28.5. The minimum atomic E-state index is -4.13. The minimum Gasteiger partial charge on any atom is -0.508 e. The number of ether oxygens (including phenoxy) is 2. The lowest BCUT2D eigenvalue weighted by atomic mass is 9.77. The van der Waals surface area contributed by atoms with E-state index >= 15 is 0 Å². The number of esters is 1. The van der Waals surface area contributed by atoms with Gasteiger partial charge in [0.2, 0.25) is 23.6 Å². The molecule has 0 aromatic heterocycles. The van der Waals surface area contributed by atoms with Gasteiger partial charge in [0.1, 0.15) is 29.0 Å². The van der Waals surface area contributed by atoms with Crippen LogP contribution in [0, 0.1) is 0 Å². The summed E-state index contributed by atoms with van der Waals surface area (Å²) in [5.41, 5.74) is 3.80. The fraction of sp³-hybridized carbons (Fsp3) is 0.422. The Labute approximate surface area is 541 Å². The molecule has 2 heterocycles. The van der Waals surface area contributed by atoms with Gasteiger partial charge in [-0.2, -0.15) is 0 Å². The molecule has 6 amide bonds. The Morgan fingerprint density at radius 1 is 0.593 bits per heavy atom. The van der Waals surface area contributed by atoms with Crippen molar-refractivity contribution in [2.24, 2.45) is 0 Å². The molecule has 0 saturated heterocycles. The predicted octanol–water partition coefficient (Wildman–Crippen LogP) is 8.76. The van der Waals surface area contributed by atoms with Gasteiger partial charge in [0, 0.05) is 147 Å². The monoisotopic (exact) mass is 1330 g/mol. The standard InChI is InChI=1S/C64H81N8O15PS3/c1-72(2)47-21-19-46(20-22-47)70-45-17-14-43(15-18-45)60(79)69-34-39-91-90-38-29-59(78)71-54(62(81)68-32-8-3-4-11-35-73)12-7-10-30-65-58(77)28-37-89-88(83,84)85-36-33-66-57(76)13-6-5-9-31-67-61(80)44-16-25-51-50(40-44)63(82)87-64(51)52-26-23-48(74)41-55(52)86-56-42-49(75)24-27-53(56)64/h14-27,40-42,54,70,73-75H,3-13,28-39H2,1-2H3,(H,65,77)(H,66,76)(H,67,80)(H,68,81)(H,69,79)(H,71,78)(H,83,84). The van der Waals surface area contributed by atoms with Gasteiger partial charge in [-0.25, -0.2) is 9.36 Å². The minimum absolute atomic E-state index is 0.000443. The summed E-state index contributed by atoms with van der Waals surface area (Å²) in [5.74, 6) is -0.988. The molecule has 5 aromatic carbocycles. The zero-order valence-electron chi connectivity index (χ0n) is 51.1. The van der Waals surface area contributed by atoms with Crippen molar-refractivity contribution >= 4 is 98.2 Å². The molecule has 490 valence electrons. The third kappa shape index (κ3) is 21.9. The maximum Gasteiger partial charge on any atom is 0.386 e. The summed E-state index contributed by atoms with van der Waals surface area (Å²) in [5, 5.41) is 49.7. The fourth-order valence-corrected chi connectivity index (χ4v) is 14.2. The molecule has 2 aliphatic heterocycles. The Hall–Kier alpha value is -7.45. The molecule has 5 aromatic rings. The molecule has 1 spiro atoms. The molecule has 0 aliphatic carbocycles. The largest absolute Gasteiger partial charge is 0.508 e. The smallest absolute Gasteiger partial charge is 0.386 e. The van der Waals surface area contributed by atoms with E-state index in [2.05, 4.69) is 37.2 Å². The molecule has 0 bridgehead atoms. The molecular formula is C64H81N8O15PS3. The number of amides is 6. The lowest BCUT2D eigenvalue weighted by Gasteiger charge is -2.36. The van der Waals surface area contributed by atoms with Crippen LogP contribution in [-0.4, -0.2) is 145 Å². The number of phenols is 2. The van der Waals surface area contributed by atoms with Crippen LogP contribution in [0.5, 0.6) is 23.0 Å². The fourth-order valence-electron chi connectivity index (χ4n) is 9.99. The maximum absolute atomic E-state index is 13.4. The van der Waals surface area contributed by atoms with Crippen molar-refractivity contribution in [2.75, 3.05) is 87.5 Å². The first-order valence-corrected chi connectivity index (χ1v) is 36.0. The summed E-state index contributed by atoms with van der Waals surface area (Å²) in [7, 11) is 7.00. The number of unbranched alkanes of at least 4 members (excludes halogenated alkanes) is 6. The van der Waals surface area contributed by atoms with Gasteiger partial charge in [-0.15, -0.1) is 0 Å². The summed E-state index contributed by atoms with van der Waals surface area (Å²) < 4.78 is 29.8. The number of nitrogens with zero attached hydrogens (tertiary/aromatic N) is 1. The molecular weight excluding hydrogens is 1250 g/mol. The number of carbonyl (C=O) groups excluding carboxylic acids is 7. The highest BCUT2D eigenvalue weighted by Crippen LogP contribution is 2.57. The van der Waals surface area contributed by atoms with Gasteiger partial charge in [0.15, 0.2) is 5.60 Å². The van der Waals surface area contributed by atoms with E-state index in [4.69, 9.17) is 19.1 Å². The average Bonchev–Trinajstić information content (AvgIpc) is 1.62. The van der Waals surface area contributed by atoms with Crippen LogP contribution in [0.4, 0.5) is 17.1 Å². The zero-order valence-corrected chi connectivity index (χ0v) is 54.4. The number of nitrogens with one attached hydrogen (secondary N) is 7. The SMILES string of the molecule is CN(C)c1ccc(Nc2ccc(C(=O)NCCSSCCC(=O)NC(CCCCNC(=O)CCSP(=O)(O)OCCNC(=O)CCCCCNC(=O)c3ccc4c(c3)C(=O)OC43c4ccc(O)cc4Oc4cc(O)ccc43)C(=O)NCCCCCCO)cc2)cc1. The highest BCUT2D eigenvalue weighted by molar-refractivity contribution is 8.76. The van der Waals surface area contributed by atoms with Crippen LogP contribution in [-0.2, 0) is 38.6 Å². The number of hydrogen-bond acceptors (Lipinski definition) is 19. The van der Waals surface area contributed by atoms with Gasteiger partial charge in [-0.3, -0.25) is 33.3 Å². The summed E-state index contributed by atoms with van der Waals surface area (Å²) in [6.45, 7) is -2.80. The van der Waals surface area contributed by atoms with Crippen LogP contribution >= 0.6 is 39.8 Å². The normalized spacial score (nSPS) is 13.4. The van der Waals surface area contributed by atoms with Crippen molar-refractivity contribution < 1.29 is 72.3 Å². The Bertz CT molecular complexity index is 3290.